The van der Waals surface area contributed by atoms with Gasteiger partial charge < -0.3 is 21.6 Å². The maximum Gasteiger partial charge on any atom is 0.490 e. The predicted molar refractivity (Wildman–Crippen MR) is 109 cm³/mol. The van der Waals surface area contributed by atoms with Gasteiger partial charge in [-0.3, -0.25) is 0 Å². The number of benzene rings is 2. The third-order valence-electron chi connectivity index (χ3n) is 3.97. The van der Waals surface area contributed by atoms with E-state index in [4.69, 9.17) is 44.6 Å². The second kappa shape index (κ2) is 7.88. The summed E-state index contributed by atoms with van der Waals surface area (Å²) in [5.74, 6) is -2.26. The largest absolute Gasteiger partial charge is 0.490 e. The Morgan fingerprint density at radius 3 is 2.23 bits per heavy atom. The van der Waals surface area contributed by atoms with Crippen molar-refractivity contribution in [2.45, 2.75) is 6.18 Å². The minimum absolute atomic E-state index is 0.139. The number of anilines is 2. The molecule has 0 radical (unpaired) electrons. The molecule has 0 bridgehead atoms. The van der Waals surface area contributed by atoms with Crippen LogP contribution in [0.4, 0.5) is 24.9 Å². The number of carboxylic acid groups (broad SMARTS) is 1. The number of carboxylic acids is 1. The van der Waals surface area contributed by atoms with Gasteiger partial charge in [-0.05, 0) is 35.9 Å². The first-order valence-corrected chi connectivity index (χ1v) is 8.82. The van der Waals surface area contributed by atoms with Crippen molar-refractivity contribution in [1.29, 1.82) is 0 Å². The van der Waals surface area contributed by atoms with Crippen molar-refractivity contribution in [2.24, 2.45) is 0 Å². The molecule has 0 aliphatic rings. The summed E-state index contributed by atoms with van der Waals surface area (Å²) in [5.41, 5.74) is 15.1. The number of halogens is 5. The van der Waals surface area contributed by atoms with Crippen molar-refractivity contribution in [2.75, 3.05) is 11.5 Å². The van der Waals surface area contributed by atoms with Crippen LogP contribution >= 0.6 is 23.2 Å². The summed E-state index contributed by atoms with van der Waals surface area (Å²) < 4.78 is 31.7. The van der Waals surface area contributed by atoms with E-state index in [2.05, 4.69) is 15.0 Å². The number of rotatable bonds is 1. The molecule has 4 aromatic rings. The minimum Gasteiger partial charge on any atom is -0.475 e. The molecule has 0 saturated heterocycles. The molecule has 2 aromatic heterocycles. The Bertz CT molecular complexity index is 1250. The lowest BCUT2D eigenvalue weighted by atomic mass is 10.00. The number of nitrogens with zero attached hydrogens (tertiary/aromatic N) is 2. The summed E-state index contributed by atoms with van der Waals surface area (Å²) in [6, 6.07) is 9.23. The lowest BCUT2D eigenvalue weighted by molar-refractivity contribution is -0.192. The molecule has 2 aromatic carbocycles. The number of aromatic amines is 1. The van der Waals surface area contributed by atoms with E-state index in [0.717, 1.165) is 27.4 Å². The highest BCUT2D eigenvalue weighted by Crippen LogP contribution is 2.37. The third kappa shape index (κ3) is 4.34. The van der Waals surface area contributed by atoms with E-state index >= 15 is 0 Å². The number of fused-ring (bicyclic) bond motifs is 3. The van der Waals surface area contributed by atoms with E-state index in [-0.39, 0.29) is 5.95 Å². The fourth-order valence-electron chi connectivity index (χ4n) is 2.84. The van der Waals surface area contributed by atoms with Crippen LogP contribution in [0.1, 0.15) is 0 Å². The van der Waals surface area contributed by atoms with E-state index in [1.807, 2.05) is 30.5 Å². The molecule has 0 fully saturated rings. The molecule has 0 aliphatic carbocycles. The number of aliphatic carboxylic acids is 1. The van der Waals surface area contributed by atoms with Crippen molar-refractivity contribution in [3.05, 3.63) is 46.6 Å². The van der Waals surface area contributed by atoms with Crippen LogP contribution in [0.2, 0.25) is 10.0 Å². The Morgan fingerprint density at radius 1 is 1.07 bits per heavy atom. The summed E-state index contributed by atoms with van der Waals surface area (Å²) in [6.45, 7) is 0. The van der Waals surface area contributed by atoms with Gasteiger partial charge in [0.15, 0.2) is 0 Å². The van der Waals surface area contributed by atoms with E-state index in [1.54, 1.807) is 6.07 Å². The number of carbonyl (C=O) groups is 1. The maximum atomic E-state index is 10.6. The molecule has 2 heterocycles. The molecule has 30 heavy (non-hydrogen) atoms. The smallest absolute Gasteiger partial charge is 0.475 e. The zero-order valence-corrected chi connectivity index (χ0v) is 16.3. The van der Waals surface area contributed by atoms with Crippen LogP contribution in [0.5, 0.6) is 0 Å². The molecule has 0 spiro atoms. The first-order valence-electron chi connectivity index (χ1n) is 8.06. The molecule has 0 unspecified atom stereocenters. The van der Waals surface area contributed by atoms with Crippen LogP contribution in [0.25, 0.3) is 32.9 Å². The van der Waals surface area contributed by atoms with E-state index in [1.165, 1.54) is 0 Å². The first kappa shape index (κ1) is 21.5. The Hall–Kier alpha value is -3.24. The normalized spacial score (nSPS) is 11.4. The lowest BCUT2D eigenvalue weighted by Gasteiger charge is -2.10. The quantitative estimate of drug-likeness (QED) is 0.322. The molecule has 156 valence electrons. The summed E-state index contributed by atoms with van der Waals surface area (Å²) in [7, 11) is 0. The predicted octanol–water partition coefficient (Wildman–Crippen LogP) is 4.88. The first-order chi connectivity index (χ1) is 14.0. The van der Waals surface area contributed by atoms with Gasteiger partial charge in [-0.25, -0.2) is 9.78 Å². The number of hydrogen-bond acceptors (Lipinski definition) is 5. The number of aromatic nitrogens is 3. The monoisotopic (exact) mass is 457 g/mol. The molecule has 0 aliphatic heterocycles. The van der Waals surface area contributed by atoms with Crippen molar-refractivity contribution in [1.82, 2.24) is 15.0 Å². The standard InChI is InChI=1S/C16H11Cl2N5.C2HF3O2/c17-8-3-7(4-9(18)5-8)11-6-12-13(10-1-2-21-14(10)11)15(19)23-16(20)22-12;3-2(4,5)1(6)7/h1-6,21H,(H4,19,20,22,23);(H,6,7). The summed E-state index contributed by atoms with van der Waals surface area (Å²) in [6.07, 6.45) is -3.24. The van der Waals surface area contributed by atoms with Gasteiger partial charge in [0.1, 0.15) is 5.82 Å². The molecule has 12 heteroatoms. The average Bonchev–Trinajstić information content (AvgIpc) is 3.08. The number of hydrogen-bond donors (Lipinski definition) is 4. The molecule has 6 N–H and O–H groups in total. The van der Waals surface area contributed by atoms with Crippen LogP contribution in [0.15, 0.2) is 36.5 Å². The number of nitrogens with two attached hydrogens (primary N) is 2. The number of nitrogens with one attached hydrogen (secondary N) is 1. The van der Waals surface area contributed by atoms with Gasteiger partial charge in [0.25, 0.3) is 0 Å². The third-order valence-corrected chi connectivity index (χ3v) is 4.40. The second-order valence-electron chi connectivity index (χ2n) is 6.01. The van der Waals surface area contributed by atoms with Gasteiger partial charge in [0.2, 0.25) is 5.95 Å². The fraction of sp³-hybridized carbons (Fsp3) is 0.0556. The van der Waals surface area contributed by atoms with Crippen molar-refractivity contribution in [3.8, 4) is 11.1 Å². The Kier molecular flexibility index (Phi) is 5.64. The Balaban J connectivity index is 0.000000318. The van der Waals surface area contributed by atoms with Crippen molar-refractivity contribution < 1.29 is 23.1 Å². The Labute approximate surface area is 176 Å². The van der Waals surface area contributed by atoms with Gasteiger partial charge >= 0.3 is 12.1 Å². The molecule has 0 saturated carbocycles. The highest BCUT2D eigenvalue weighted by atomic mass is 35.5. The molecule has 4 rings (SSSR count). The number of alkyl halides is 3. The summed E-state index contributed by atoms with van der Waals surface area (Å²) in [5, 5.41) is 9.95. The highest BCUT2D eigenvalue weighted by molar-refractivity contribution is 6.35. The average molecular weight is 458 g/mol. The summed E-state index contributed by atoms with van der Waals surface area (Å²) >= 11 is 12.3. The van der Waals surface area contributed by atoms with E-state index in [9.17, 15) is 13.2 Å². The van der Waals surface area contributed by atoms with Gasteiger partial charge in [-0.15, -0.1) is 0 Å². The second-order valence-corrected chi connectivity index (χ2v) is 6.89. The van der Waals surface area contributed by atoms with Crippen LogP contribution in [-0.4, -0.2) is 32.2 Å². The topological polar surface area (TPSA) is 131 Å². The Morgan fingerprint density at radius 2 is 1.67 bits per heavy atom. The molecule has 0 amide bonds. The zero-order valence-electron chi connectivity index (χ0n) is 14.8. The van der Waals surface area contributed by atoms with Crippen LogP contribution in [0.3, 0.4) is 0 Å². The molecule has 0 atom stereocenters. The molecular formula is C18H12Cl2F3N5O2. The van der Waals surface area contributed by atoms with Gasteiger partial charge in [-0.1, -0.05) is 23.2 Å². The van der Waals surface area contributed by atoms with Crippen molar-refractivity contribution in [3.63, 3.8) is 0 Å². The summed E-state index contributed by atoms with van der Waals surface area (Å²) in [4.78, 5) is 20.5. The van der Waals surface area contributed by atoms with E-state index < -0.39 is 12.1 Å². The number of H-pyrrole nitrogens is 1. The van der Waals surface area contributed by atoms with Gasteiger partial charge in [0, 0.05) is 27.2 Å². The highest BCUT2D eigenvalue weighted by Gasteiger charge is 2.38. The lowest BCUT2D eigenvalue weighted by Crippen LogP contribution is -2.21. The molecule has 7 nitrogen and oxygen atoms in total. The van der Waals surface area contributed by atoms with Gasteiger partial charge in [-0.2, -0.15) is 18.2 Å². The minimum atomic E-state index is -5.08. The fourth-order valence-corrected chi connectivity index (χ4v) is 3.37. The van der Waals surface area contributed by atoms with Crippen LogP contribution in [0, 0.1) is 0 Å². The van der Waals surface area contributed by atoms with Crippen molar-refractivity contribution >= 4 is 62.7 Å². The SMILES string of the molecule is Nc1nc(N)c2c(cc(-c3cc(Cl)cc(Cl)c3)c3[nH]ccc32)n1.O=C(O)C(F)(F)F. The van der Waals surface area contributed by atoms with Crippen LogP contribution < -0.4 is 11.5 Å². The maximum absolute atomic E-state index is 10.6. The number of nitrogen functional groups attached to an aromatic ring is 2. The molecular weight excluding hydrogens is 446 g/mol. The van der Waals surface area contributed by atoms with Gasteiger partial charge in [0.05, 0.1) is 16.4 Å². The van der Waals surface area contributed by atoms with E-state index in [0.29, 0.717) is 21.4 Å². The zero-order chi connectivity index (χ0) is 22.2. The van der Waals surface area contributed by atoms with Crippen LogP contribution in [-0.2, 0) is 4.79 Å².